The summed E-state index contributed by atoms with van der Waals surface area (Å²) in [6, 6.07) is -0.647. The summed E-state index contributed by atoms with van der Waals surface area (Å²) >= 11 is 0.971. The zero-order valence-electron chi connectivity index (χ0n) is 10.4. The maximum absolute atomic E-state index is 12.4. The average molecular weight is 281 g/mol. The topological polar surface area (TPSA) is 83.4 Å². The summed E-state index contributed by atoms with van der Waals surface area (Å²) in [5.41, 5.74) is 0.266. The van der Waals surface area contributed by atoms with Gasteiger partial charge >= 0.3 is 5.97 Å². The molecule has 0 bridgehead atoms. The summed E-state index contributed by atoms with van der Waals surface area (Å²) in [4.78, 5) is 25.4. The number of carboxylic acid groups (broad SMARTS) is 1. The van der Waals surface area contributed by atoms with Gasteiger partial charge in [0, 0.05) is 6.04 Å². The minimum absolute atomic E-state index is 0.0593. The van der Waals surface area contributed by atoms with E-state index in [0.29, 0.717) is 12.3 Å². The molecule has 2 aliphatic rings. The van der Waals surface area contributed by atoms with Gasteiger partial charge in [0.15, 0.2) is 5.69 Å². The molecule has 3 atom stereocenters. The standard InChI is InChI=1S/C12H15N3O3S/c16-11(8-6-13-19-14-8)15-9-4-2-1-3-7(9)5-10(15)12(17)18/h6-7,9-10H,1-5H2,(H,17,18)/t7-,9+,10-/m0/s1. The zero-order valence-corrected chi connectivity index (χ0v) is 11.2. The van der Waals surface area contributed by atoms with Gasteiger partial charge in [0.05, 0.1) is 17.9 Å². The van der Waals surface area contributed by atoms with Crippen LogP contribution in [0.4, 0.5) is 0 Å². The highest BCUT2D eigenvalue weighted by molar-refractivity contribution is 6.99. The Morgan fingerprint density at radius 1 is 1.37 bits per heavy atom. The fourth-order valence-corrected chi connectivity index (χ4v) is 3.77. The van der Waals surface area contributed by atoms with E-state index in [1.54, 1.807) is 4.90 Å². The van der Waals surface area contributed by atoms with Gasteiger partial charge < -0.3 is 10.0 Å². The molecular formula is C12H15N3O3S. The second-order valence-electron chi connectivity index (χ2n) is 5.21. The van der Waals surface area contributed by atoms with Crippen molar-refractivity contribution in [2.24, 2.45) is 5.92 Å². The highest BCUT2D eigenvalue weighted by Gasteiger charge is 2.48. The molecule has 1 N–H and O–H groups in total. The SMILES string of the molecule is O=C(O)[C@@H]1C[C@@H]2CCCC[C@H]2N1C(=O)c1cnsn1. The Labute approximate surface area is 114 Å². The molecule has 1 saturated heterocycles. The molecule has 1 aliphatic heterocycles. The quantitative estimate of drug-likeness (QED) is 0.885. The molecule has 2 fully saturated rings. The van der Waals surface area contributed by atoms with Crippen LogP contribution in [0.5, 0.6) is 0 Å². The predicted molar refractivity (Wildman–Crippen MR) is 67.9 cm³/mol. The fraction of sp³-hybridized carbons (Fsp3) is 0.667. The molecule has 1 amide bonds. The molecule has 7 heteroatoms. The van der Waals surface area contributed by atoms with E-state index < -0.39 is 12.0 Å². The molecule has 102 valence electrons. The second-order valence-corrected chi connectivity index (χ2v) is 5.76. The van der Waals surface area contributed by atoms with Crippen LogP contribution in [0.25, 0.3) is 0 Å². The summed E-state index contributed by atoms with van der Waals surface area (Å²) < 4.78 is 7.76. The zero-order chi connectivity index (χ0) is 13.4. The number of fused-ring (bicyclic) bond motifs is 1. The Hall–Kier alpha value is -1.50. The number of rotatable bonds is 2. The molecule has 0 spiro atoms. The van der Waals surface area contributed by atoms with Crippen molar-refractivity contribution in [1.82, 2.24) is 13.6 Å². The van der Waals surface area contributed by atoms with Crippen LogP contribution in [0, 0.1) is 5.92 Å². The lowest BCUT2D eigenvalue weighted by Gasteiger charge is -2.32. The number of nitrogens with zero attached hydrogens (tertiary/aromatic N) is 3. The third-order valence-corrected chi connectivity index (χ3v) is 4.67. The number of carbonyl (C=O) groups excluding carboxylic acids is 1. The van der Waals surface area contributed by atoms with Crippen molar-refractivity contribution in [3.05, 3.63) is 11.9 Å². The molecule has 1 aromatic heterocycles. The molecule has 0 radical (unpaired) electrons. The van der Waals surface area contributed by atoms with E-state index in [1.807, 2.05) is 0 Å². The predicted octanol–water partition coefficient (Wildman–Crippen LogP) is 1.40. The summed E-state index contributed by atoms with van der Waals surface area (Å²) in [6.07, 6.45) is 6.11. The third kappa shape index (κ3) is 2.11. The van der Waals surface area contributed by atoms with Crippen LogP contribution in [0.1, 0.15) is 42.6 Å². The molecular weight excluding hydrogens is 266 g/mol. The number of hydrogen-bond donors (Lipinski definition) is 1. The maximum Gasteiger partial charge on any atom is 0.326 e. The van der Waals surface area contributed by atoms with E-state index in [0.717, 1.165) is 37.4 Å². The summed E-state index contributed by atoms with van der Waals surface area (Å²) in [5.74, 6) is -0.869. The lowest BCUT2D eigenvalue weighted by Crippen LogP contribution is -2.46. The highest BCUT2D eigenvalue weighted by atomic mass is 32.1. The first-order chi connectivity index (χ1) is 9.18. The summed E-state index contributed by atoms with van der Waals surface area (Å²) in [6.45, 7) is 0. The number of likely N-dealkylation sites (tertiary alicyclic amines) is 1. The van der Waals surface area contributed by atoms with Crippen molar-refractivity contribution in [1.29, 1.82) is 0 Å². The number of aliphatic carboxylic acids is 1. The first-order valence-electron chi connectivity index (χ1n) is 6.51. The van der Waals surface area contributed by atoms with Crippen LogP contribution >= 0.6 is 11.7 Å². The van der Waals surface area contributed by atoms with Crippen LogP contribution in [0.3, 0.4) is 0 Å². The summed E-state index contributed by atoms with van der Waals surface area (Å²) in [7, 11) is 0. The van der Waals surface area contributed by atoms with Crippen LogP contribution in [-0.2, 0) is 4.79 Å². The second kappa shape index (κ2) is 4.88. The molecule has 1 saturated carbocycles. The molecule has 0 unspecified atom stereocenters. The van der Waals surface area contributed by atoms with Gasteiger partial charge in [-0.2, -0.15) is 8.75 Å². The first kappa shape index (κ1) is 12.5. The van der Waals surface area contributed by atoms with Gasteiger partial charge in [0.2, 0.25) is 0 Å². The average Bonchev–Trinajstić information content (AvgIpc) is 3.05. The fourth-order valence-electron chi connectivity index (χ4n) is 3.36. The first-order valence-corrected chi connectivity index (χ1v) is 7.24. The van der Waals surface area contributed by atoms with Gasteiger partial charge in [-0.15, -0.1) is 0 Å². The van der Waals surface area contributed by atoms with E-state index in [2.05, 4.69) is 8.75 Å². The monoisotopic (exact) mass is 281 g/mol. The number of carboxylic acids is 1. The van der Waals surface area contributed by atoms with Crippen molar-refractivity contribution in [3.8, 4) is 0 Å². The van der Waals surface area contributed by atoms with E-state index >= 15 is 0 Å². The lowest BCUT2D eigenvalue weighted by molar-refractivity contribution is -0.141. The minimum atomic E-state index is -0.911. The van der Waals surface area contributed by atoms with Gasteiger partial charge in [0.25, 0.3) is 5.91 Å². The van der Waals surface area contributed by atoms with Crippen molar-refractivity contribution in [2.45, 2.75) is 44.2 Å². The van der Waals surface area contributed by atoms with Gasteiger partial charge in [-0.3, -0.25) is 4.79 Å². The minimum Gasteiger partial charge on any atom is -0.480 e. The largest absolute Gasteiger partial charge is 0.480 e. The Bertz CT molecular complexity index is 490. The van der Waals surface area contributed by atoms with Crippen LogP contribution < -0.4 is 0 Å². The molecule has 6 nitrogen and oxygen atoms in total. The summed E-state index contributed by atoms with van der Waals surface area (Å²) in [5, 5.41) is 9.35. The van der Waals surface area contributed by atoms with Crippen molar-refractivity contribution < 1.29 is 14.7 Å². The Morgan fingerprint density at radius 2 is 2.16 bits per heavy atom. The van der Waals surface area contributed by atoms with E-state index in [1.165, 1.54) is 6.20 Å². The van der Waals surface area contributed by atoms with Gasteiger partial charge in [0.1, 0.15) is 6.04 Å². The van der Waals surface area contributed by atoms with Crippen LogP contribution in [-0.4, -0.2) is 42.7 Å². The number of aromatic nitrogens is 2. The smallest absolute Gasteiger partial charge is 0.326 e. The lowest BCUT2D eigenvalue weighted by atomic mass is 9.84. The third-order valence-electron chi connectivity index (χ3n) is 4.19. The van der Waals surface area contributed by atoms with E-state index in [9.17, 15) is 14.7 Å². The molecule has 1 aliphatic carbocycles. The van der Waals surface area contributed by atoms with Crippen molar-refractivity contribution in [2.75, 3.05) is 0 Å². The Kier molecular flexibility index (Phi) is 3.22. The molecule has 1 aromatic rings. The van der Waals surface area contributed by atoms with Crippen LogP contribution in [0.15, 0.2) is 6.20 Å². The van der Waals surface area contributed by atoms with Gasteiger partial charge in [-0.25, -0.2) is 4.79 Å². The highest BCUT2D eigenvalue weighted by Crippen LogP contribution is 2.40. The number of hydrogen-bond acceptors (Lipinski definition) is 5. The van der Waals surface area contributed by atoms with E-state index in [-0.39, 0.29) is 17.6 Å². The Balaban J connectivity index is 1.90. The molecule has 2 heterocycles. The van der Waals surface area contributed by atoms with E-state index in [4.69, 9.17) is 0 Å². The maximum atomic E-state index is 12.4. The molecule has 19 heavy (non-hydrogen) atoms. The molecule has 3 rings (SSSR count). The normalized spacial score (nSPS) is 30.1. The number of amides is 1. The molecule has 0 aromatic carbocycles. The van der Waals surface area contributed by atoms with Crippen molar-refractivity contribution >= 4 is 23.6 Å². The van der Waals surface area contributed by atoms with Gasteiger partial charge in [-0.05, 0) is 25.2 Å². The van der Waals surface area contributed by atoms with Crippen molar-refractivity contribution in [3.63, 3.8) is 0 Å². The Morgan fingerprint density at radius 3 is 2.84 bits per heavy atom. The van der Waals surface area contributed by atoms with Crippen LogP contribution in [0.2, 0.25) is 0 Å². The number of carbonyl (C=O) groups is 2. The van der Waals surface area contributed by atoms with Gasteiger partial charge in [-0.1, -0.05) is 12.8 Å².